The minimum Gasteiger partial charge on any atom is -1.00 e. The molecule has 0 rings (SSSR count). The Morgan fingerprint density at radius 3 is 0.385 bits per heavy atom. The molecule has 0 amide bonds. The summed E-state index contributed by atoms with van der Waals surface area (Å²) < 4.78 is 0. The molecule has 5 nitrogen and oxygen atoms in total. The van der Waals surface area contributed by atoms with E-state index in [-0.39, 0.29) is 51.0 Å². The number of hydrogen-bond donors (Lipinski definition) is 0. The summed E-state index contributed by atoms with van der Waals surface area (Å²) in [6.45, 7) is 10.0. The second kappa shape index (κ2) is 47700. The van der Waals surface area contributed by atoms with Crippen molar-refractivity contribution < 1.29 is 75.0 Å². The van der Waals surface area contributed by atoms with Gasteiger partial charge in [0.25, 0.3) is 0 Å². The first-order valence-corrected chi connectivity index (χ1v) is 1.44. The predicted octanol–water partition coefficient (Wildman–Crippen LogP) is -6.92. The molecular formula is C5H10Br2MnO5. The van der Waals surface area contributed by atoms with Gasteiger partial charge in [0, 0.05) is 0 Å². The molecule has 0 spiro atoms. The van der Waals surface area contributed by atoms with Crippen molar-refractivity contribution in [1.29, 1.82) is 0 Å². The Morgan fingerprint density at radius 1 is 0.385 bits per heavy atom. The smallest absolute Gasteiger partial charge is 1.00 e. The van der Waals surface area contributed by atoms with E-state index in [9.17, 15) is 0 Å². The summed E-state index contributed by atoms with van der Waals surface area (Å²) >= 11 is 0. The summed E-state index contributed by atoms with van der Waals surface area (Å²) in [5, 5.41) is 0. The van der Waals surface area contributed by atoms with Crippen molar-refractivity contribution in [1.82, 2.24) is 0 Å². The fourth-order valence-electron chi connectivity index (χ4n) is 0. The average molecular weight is 365 g/mol. The van der Waals surface area contributed by atoms with Crippen LogP contribution in [0.1, 0.15) is 0 Å². The van der Waals surface area contributed by atoms with E-state index in [1.807, 2.05) is 33.9 Å². The van der Waals surface area contributed by atoms with Crippen LogP contribution in [-0.2, 0) is 41.0 Å². The molecule has 0 fully saturated rings. The number of carbonyl (C=O) groups excluding carboxylic acids is 5. The summed E-state index contributed by atoms with van der Waals surface area (Å²) in [5.74, 6) is 0. The van der Waals surface area contributed by atoms with Crippen LogP contribution in [0.2, 0.25) is 0 Å². The largest absolute Gasteiger partial charge is 2.00 e. The van der Waals surface area contributed by atoms with Crippen molar-refractivity contribution in [3.05, 3.63) is 0 Å². The number of rotatable bonds is 0. The van der Waals surface area contributed by atoms with E-state index in [0.717, 1.165) is 0 Å². The molecule has 0 aliphatic rings. The van der Waals surface area contributed by atoms with Gasteiger partial charge in [-0.15, -0.1) is 0 Å². The second-order valence-corrected chi connectivity index (χ2v) is 0. The van der Waals surface area contributed by atoms with E-state index in [2.05, 4.69) is 0 Å². The monoisotopic (exact) mass is 363 g/mol. The first-order valence-electron chi connectivity index (χ1n) is 1.44. The number of hydrogen-bond acceptors (Lipinski definition) is 5. The molecule has 0 heterocycles. The molecule has 13 heavy (non-hydrogen) atoms. The average Bonchev–Trinajstić information content (AvgIpc) is 2.20. The standard InChI is InChI=1S/5CH2O.2BrH.Mn/c5*1-2;;;/h5*1H2;2*1H;/q;;;;;;;+2/p-2. The molecule has 0 saturated carbocycles. The Labute approximate surface area is 109 Å². The van der Waals surface area contributed by atoms with Crippen molar-refractivity contribution in [3.63, 3.8) is 0 Å². The van der Waals surface area contributed by atoms with Crippen molar-refractivity contribution in [2.24, 2.45) is 0 Å². The van der Waals surface area contributed by atoms with Crippen LogP contribution in [0.25, 0.3) is 0 Å². The molecule has 0 unspecified atom stereocenters. The Bertz CT molecular complexity index is 34.5. The molecule has 0 bridgehead atoms. The summed E-state index contributed by atoms with van der Waals surface area (Å²) in [7, 11) is 0. The van der Waals surface area contributed by atoms with Crippen LogP contribution >= 0.6 is 0 Å². The zero-order valence-corrected chi connectivity index (χ0v) is 11.1. The molecule has 0 aromatic rings. The van der Waals surface area contributed by atoms with Gasteiger partial charge in [0.2, 0.25) is 0 Å². The number of carbonyl (C=O) groups is 5. The number of halogens is 2. The van der Waals surface area contributed by atoms with Crippen LogP contribution < -0.4 is 34.0 Å². The first-order chi connectivity index (χ1) is 5.00. The van der Waals surface area contributed by atoms with Crippen LogP contribution in [0.15, 0.2) is 0 Å². The Hall–Kier alpha value is -0.171. The van der Waals surface area contributed by atoms with E-state index in [1.54, 1.807) is 0 Å². The molecular weight excluding hydrogens is 355 g/mol. The fraction of sp³-hybridized carbons (Fsp3) is 0. The van der Waals surface area contributed by atoms with Gasteiger partial charge >= 0.3 is 17.1 Å². The second-order valence-electron chi connectivity index (χ2n) is 0. The van der Waals surface area contributed by atoms with Gasteiger partial charge in [0.05, 0.1) is 0 Å². The van der Waals surface area contributed by atoms with Crippen LogP contribution in [-0.4, -0.2) is 33.9 Å². The quantitative estimate of drug-likeness (QED) is 0.399. The first kappa shape index (κ1) is 77.0. The van der Waals surface area contributed by atoms with Gasteiger partial charge in [-0.25, -0.2) is 0 Å². The topological polar surface area (TPSA) is 85.3 Å². The van der Waals surface area contributed by atoms with Crippen LogP contribution in [0.3, 0.4) is 0 Å². The maximum atomic E-state index is 8.00. The van der Waals surface area contributed by atoms with Crippen molar-refractivity contribution in [3.8, 4) is 0 Å². The zero-order valence-electron chi connectivity index (χ0n) is 6.71. The predicted molar refractivity (Wildman–Crippen MR) is 35.6 cm³/mol. The fourth-order valence-corrected chi connectivity index (χ4v) is 0. The van der Waals surface area contributed by atoms with Gasteiger partial charge in [-0.05, 0) is 0 Å². The van der Waals surface area contributed by atoms with E-state index in [0.29, 0.717) is 0 Å². The van der Waals surface area contributed by atoms with E-state index < -0.39 is 0 Å². The summed E-state index contributed by atoms with van der Waals surface area (Å²) in [6, 6.07) is 0. The van der Waals surface area contributed by atoms with Gasteiger partial charge in [-0.2, -0.15) is 0 Å². The molecule has 1 radical (unpaired) electrons. The SMILES string of the molecule is C=O.C=O.C=O.C=O.C=O.[Br-].[Br-].[Mn+2]. The Morgan fingerprint density at radius 2 is 0.385 bits per heavy atom. The molecule has 0 atom stereocenters. The van der Waals surface area contributed by atoms with E-state index in [4.69, 9.17) is 24.0 Å². The maximum absolute atomic E-state index is 8.00. The van der Waals surface area contributed by atoms with Gasteiger partial charge in [-0.1, -0.05) is 0 Å². The zero-order chi connectivity index (χ0) is 10.0. The summed E-state index contributed by atoms with van der Waals surface area (Å²) in [4.78, 5) is 40.0. The summed E-state index contributed by atoms with van der Waals surface area (Å²) in [5.41, 5.74) is 0. The molecule has 0 N–H and O–H groups in total. The third-order valence-electron chi connectivity index (χ3n) is 0. The minimum absolute atomic E-state index is 0. The Kier molecular flexibility index (Phi) is 283000. The maximum Gasteiger partial charge on any atom is 2.00 e. The van der Waals surface area contributed by atoms with Crippen LogP contribution in [0.4, 0.5) is 0 Å². The molecule has 0 aliphatic carbocycles. The third kappa shape index (κ3) is 39300. The van der Waals surface area contributed by atoms with Crippen LogP contribution in [0.5, 0.6) is 0 Å². The van der Waals surface area contributed by atoms with Crippen molar-refractivity contribution in [2.45, 2.75) is 0 Å². The van der Waals surface area contributed by atoms with Gasteiger partial charge < -0.3 is 57.9 Å². The molecule has 8 heteroatoms. The van der Waals surface area contributed by atoms with E-state index >= 15 is 0 Å². The molecule has 0 aromatic carbocycles. The van der Waals surface area contributed by atoms with Gasteiger partial charge in [-0.3, -0.25) is 0 Å². The minimum atomic E-state index is 0. The molecule has 0 aromatic heterocycles. The van der Waals surface area contributed by atoms with E-state index in [1.165, 1.54) is 0 Å². The molecule has 0 aliphatic heterocycles. The van der Waals surface area contributed by atoms with Gasteiger partial charge in [0.15, 0.2) is 0 Å². The van der Waals surface area contributed by atoms with Crippen molar-refractivity contribution >= 4 is 33.9 Å². The molecule has 0 saturated heterocycles. The van der Waals surface area contributed by atoms with Gasteiger partial charge in [0.1, 0.15) is 33.9 Å². The normalized spacial score (nSPS) is 1.54. The van der Waals surface area contributed by atoms with Crippen LogP contribution in [0, 0.1) is 0 Å². The van der Waals surface area contributed by atoms with Crippen molar-refractivity contribution in [2.75, 3.05) is 0 Å². The molecule has 81 valence electrons. The Balaban J connectivity index is -0.00000000379. The summed E-state index contributed by atoms with van der Waals surface area (Å²) in [6.07, 6.45) is 0. The third-order valence-corrected chi connectivity index (χ3v) is 0.